The Morgan fingerprint density at radius 2 is 1.83 bits per heavy atom. The number of aliphatic carboxylic acids is 1. The SMILES string of the molecule is O=C(O)C(F)(F)F.O=C1[C@H]2CN(Cc3cccnc3)C[C@H]2CN1c1cncnc1. The molecule has 0 spiro atoms. The van der Waals surface area contributed by atoms with Crippen LogP contribution < -0.4 is 4.90 Å². The van der Waals surface area contributed by atoms with Gasteiger partial charge in [-0.2, -0.15) is 13.2 Å². The summed E-state index contributed by atoms with van der Waals surface area (Å²) in [6, 6.07) is 4.03. The van der Waals surface area contributed by atoms with Crippen LogP contribution in [0.15, 0.2) is 43.2 Å². The zero-order chi connectivity index (χ0) is 21.0. The quantitative estimate of drug-likeness (QED) is 0.822. The third-order valence-electron chi connectivity index (χ3n) is 4.75. The lowest BCUT2D eigenvalue weighted by Gasteiger charge is -2.21. The molecule has 154 valence electrons. The number of hydrogen-bond acceptors (Lipinski definition) is 6. The van der Waals surface area contributed by atoms with E-state index in [1.54, 1.807) is 18.6 Å². The molecule has 2 aromatic heterocycles. The second-order valence-corrected chi connectivity index (χ2v) is 6.77. The molecular weight excluding hydrogens is 391 g/mol. The van der Waals surface area contributed by atoms with Gasteiger partial charge in [0.25, 0.3) is 0 Å². The number of amides is 1. The van der Waals surface area contributed by atoms with Crippen molar-refractivity contribution in [3.8, 4) is 0 Å². The van der Waals surface area contributed by atoms with Gasteiger partial charge in [-0.3, -0.25) is 14.7 Å². The number of hydrogen-bond donors (Lipinski definition) is 1. The van der Waals surface area contributed by atoms with Crippen LogP contribution in [0.1, 0.15) is 5.56 Å². The number of aromatic nitrogens is 3. The number of carboxylic acid groups (broad SMARTS) is 1. The number of rotatable bonds is 3. The Balaban J connectivity index is 0.000000298. The van der Waals surface area contributed by atoms with Gasteiger partial charge >= 0.3 is 12.1 Å². The normalized spacial score (nSPS) is 21.5. The summed E-state index contributed by atoms with van der Waals surface area (Å²) >= 11 is 0. The number of carboxylic acids is 1. The average Bonchev–Trinajstić information content (AvgIpc) is 3.22. The van der Waals surface area contributed by atoms with E-state index in [0.717, 1.165) is 31.9 Å². The van der Waals surface area contributed by atoms with Gasteiger partial charge in [0.15, 0.2) is 0 Å². The molecule has 4 rings (SSSR count). The predicted molar refractivity (Wildman–Crippen MR) is 94.6 cm³/mol. The van der Waals surface area contributed by atoms with Crippen molar-refractivity contribution < 1.29 is 27.9 Å². The fourth-order valence-corrected chi connectivity index (χ4v) is 3.49. The van der Waals surface area contributed by atoms with Crippen molar-refractivity contribution in [2.75, 3.05) is 24.5 Å². The summed E-state index contributed by atoms with van der Waals surface area (Å²) in [5.74, 6) is -2.07. The van der Waals surface area contributed by atoms with Gasteiger partial charge in [-0.1, -0.05) is 6.07 Å². The number of likely N-dealkylation sites (tertiary alicyclic amines) is 1. The van der Waals surface area contributed by atoms with Gasteiger partial charge in [-0.25, -0.2) is 14.8 Å². The van der Waals surface area contributed by atoms with E-state index in [9.17, 15) is 18.0 Å². The van der Waals surface area contributed by atoms with Gasteiger partial charge < -0.3 is 10.0 Å². The lowest BCUT2D eigenvalue weighted by atomic mass is 10.0. The Morgan fingerprint density at radius 1 is 1.14 bits per heavy atom. The summed E-state index contributed by atoms with van der Waals surface area (Å²) in [5, 5.41) is 7.12. The highest BCUT2D eigenvalue weighted by atomic mass is 19.4. The number of nitrogens with zero attached hydrogens (tertiary/aromatic N) is 5. The third-order valence-corrected chi connectivity index (χ3v) is 4.75. The van der Waals surface area contributed by atoms with Crippen LogP contribution in [-0.4, -0.2) is 62.6 Å². The first-order valence-corrected chi connectivity index (χ1v) is 8.73. The van der Waals surface area contributed by atoms with Crippen molar-refractivity contribution >= 4 is 17.6 Å². The Kier molecular flexibility index (Phi) is 6.06. The lowest BCUT2D eigenvalue weighted by Crippen LogP contribution is -2.32. The monoisotopic (exact) mass is 409 g/mol. The fourth-order valence-electron chi connectivity index (χ4n) is 3.49. The molecule has 8 nitrogen and oxygen atoms in total. The molecule has 0 aliphatic carbocycles. The van der Waals surface area contributed by atoms with Crippen LogP contribution >= 0.6 is 0 Å². The number of alkyl halides is 3. The number of fused-ring (bicyclic) bond motifs is 1. The summed E-state index contributed by atoms with van der Waals surface area (Å²) in [6.45, 7) is 3.40. The maximum absolute atomic E-state index is 12.6. The van der Waals surface area contributed by atoms with Crippen molar-refractivity contribution in [3.63, 3.8) is 0 Å². The molecule has 2 aliphatic rings. The topological polar surface area (TPSA) is 99.5 Å². The first kappa shape index (κ1) is 20.6. The maximum Gasteiger partial charge on any atom is 0.490 e. The van der Waals surface area contributed by atoms with Crippen LogP contribution in [0.2, 0.25) is 0 Å². The predicted octanol–water partition coefficient (Wildman–Crippen LogP) is 1.60. The summed E-state index contributed by atoms with van der Waals surface area (Å²) in [6.07, 6.45) is 3.49. The molecule has 2 saturated heterocycles. The molecule has 4 heterocycles. The maximum atomic E-state index is 12.6. The van der Waals surface area contributed by atoms with Crippen molar-refractivity contribution in [1.29, 1.82) is 0 Å². The highest BCUT2D eigenvalue weighted by molar-refractivity contribution is 5.97. The largest absolute Gasteiger partial charge is 0.490 e. The van der Waals surface area contributed by atoms with E-state index in [2.05, 4.69) is 25.9 Å². The van der Waals surface area contributed by atoms with Gasteiger partial charge in [0.1, 0.15) is 6.33 Å². The van der Waals surface area contributed by atoms with Crippen LogP contribution in [0.5, 0.6) is 0 Å². The van der Waals surface area contributed by atoms with Crippen LogP contribution in [0.25, 0.3) is 0 Å². The Morgan fingerprint density at radius 3 is 2.38 bits per heavy atom. The average molecular weight is 409 g/mol. The van der Waals surface area contributed by atoms with E-state index in [0.29, 0.717) is 5.92 Å². The minimum Gasteiger partial charge on any atom is -0.475 e. The number of pyridine rings is 1. The molecule has 0 saturated carbocycles. The van der Waals surface area contributed by atoms with E-state index in [4.69, 9.17) is 9.90 Å². The Bertz CT molecular complexity index is 851. The van der Waals surface area contributed by atoms with Gasteiger partial charge in [0, 0.05) is 44.5 Å². The summed E-state index contributed by atoms with van der Waals surface area (Å²) in [7, 11) is 0. The lowest BCUT2D eigenvalue weighted by molar-refractivity contribution is -0.192. The van der Waals surface area contributed by atoms with Crippen molar-refractivity contribution in [3.05, 3.63) is 48.8 Å². The highest BCUT2D eigenvalue weighted by Crippen LogP contribution is 2.35. The molecular formula is C18H18F3N5O3. The number of anilines is 1. The van der Waals surface area contributed by atoms with Crippen molar-refractivity contribution in [2.24, 2.45) is 11.8 Å². The van der Waals surface area contributed by atoms with Crippen LogP contribution in [-0.2, 0) is 16.1 Å². The van der Waals surface area contributed by atoms with Crippen molar-refractivity contribution in [2.45, 2.75) is 12.7 Å². The molecule has 2 aliphatic heterocycles. The van der Waals surface area contributed by atoms with Crippen LogP contribution in [0, 0.1) is 11.8 Å². The molecule has 2 fully saturated rings. The zero-order valence-corrected chi connectivity index (χ0v) is 15.2. The second kappa shape index (κ2) is 8.52. The molecule has 1 amide bonds. The Hall–Kier alpha value is -3.08. The molecule has 0 unspecified atom stereocenters. The molecule has 2 atom stereocenters. The molecule has 11 heteroatoms. The van der Waals surface area contributed by atoms with E-state index >= 15 is 0 Å². The first-order valence-electron chi connectivity index (χ1n) is 8.73. The molecule has 2 aromatic rings. The van der Waals surface area contributed by atoms with Crippen LogP contribution in [0.3, 0.4) is 0 Å². The summed E-state index contributed by atoms with van der Waals surface area (Å²) in [5.41, 5.74) is 2.00. The molecule has 1 N–H and O–H groups in total. The highest BCUT2D eigenvalue weighted by Gasteiger charge is 2.46. The standard InChI is InChI=1S/C16H17N5O.C2HF3O2/c22-16-15-10-20(7-12-2-1-3-17-4-12)8-13(15)9-21(16)14-5-18-11-19-6-14;3-2(4,5)1(6)7/h1-6,11,13,15H,7-10H2;(H,6,7)/t13-,15-;/m0./s1. The van der Waals surface area contributed by atoms with E-state index in [1.807, 2.05) is 17.2 Å². The number of halogens is 3. The fraction of sp³-hybridized carbons (Fsp3) is 0.389. The first-order chi connectivity index (χ1) is 13.8. The van der Waals surface area contributed by atoms with Crippen molar-refractivity contribution in [1.82, 2.24) is 19.9 Å². The van der Waals surface area contributed by atoms with Gasteiger partial charge in [-0.15, -0.1) is 0 Å². The minimum atomic E-state index is -5.08. The third kappa shape index (κ3) is 5.05. The summed E-state index contributed by atoms with van der Waals surface area (Å²) < 4.78 is 31.7. The molecule has 0 bridgehead atoms. The zero-order valence-electron chi connectivity index (χ0n) is 15.2. The second-order valence-electron chi connectivity index (χ2n) is 6.77. The van der Waals surface area contributed by atoms with Gasteiger partial charge in [0.2, 0.25) is 5.91 Å². The summed E-state index contributed by atoms with van der Waals surface area (Å²) in [4.78, 5) is 37.9. The molecule has 29 heavy (non-hydrogen) atoms. The van der Waals surface area contributed by atoms with E-state index < -0.39 is 12.1 Å². The minimum absolute atomic E-state index is 0.0943. The van der Waals surface area contributed by atoms with E-state index in [-0.39, 0.29) is 11.8 Å². The number of carbonyl (C=O) groups is 2. The molecule has 0 radical (unpaired) electrons. The molecule has 0 aromatic carbocycles. The van der Waals surface area contributed by atoms with Crippen LogP contribution in [0.4, 0.5) is 18.9 Å². The Labute approximate surface area is 164 Å². The van der Waals surface area contributed by atoms with Gasteiger partial charge in [0.05, 0.1) is 24.0 Å². The number of carbonyl (C=O) groups excluding carboxylic acids is 1. The smallest absolute Gasteiger partial charge is 0.475 e. The van der Waals surface area contributed by atoms with E-state index in [1.165, 1.54) is 11.9 Å². The van der Waals surface area contributed by atoms with Gasteiger partial charge in [-0.05, 0) is 11.6 Å².